The van der Waals surface area contributed by atoms with Gasteiger partial charge in [0.15, 0.2) is 0 Å². The van der Waals surface area contributed by atoms with Crippen LogP contribution in [-0.4, -0.2) is 51.7 Å². The van der Waals surface area contributed by atoms with Crippen LogP contribution in [0.25, 0.3) is 11.0 Å². The Morgan fingerprint density at radius 3 is 2.80 bits per heavy atom. The molecule has 10 heteroatoms. The van der Waals surface area contributed by atoms with E-state index in [1.807, 2.05) is 0 Å². The third kappa shape index (κ3) is 4.27. The number of hydrogen-bond donors (Lipinski definition) is 3. The largest absolute Gasteiger partial charge is 0.384 e. The van der Waals surface area contributed by atoms with Crippen LogP contribution in [0.5, 0.6) is 0 Å². The number of rotatable bonds is 6. The first-order valence-electron chi connectivity index (χ1n) is 7.78. The molecule has 3 rings (SSSR count). The Labute approximate surface area is 158 Å². The van der Waals surface area contributed by atoms with Gasteiger partial charge in [0, 0.05) is 31.5 Å². The number of aromatic nitrogens is 2. The number of halogens is 2. The van der Waals surface area contributed by atoms with E-state index in [1.165, 1.54) is 12.4 Å². The van der Waals surface area contributed by atoms with Crippen molar-refractivity contribution in [2.75, 3.05) is 33.4 Å². The van der Waals surface area contributed by atoms with Crippen LogP contribution >= 0.6 is 24.0 Å². The maximum atomic E-state index is 12.8. The van der Waals surface area contributed by atoms with Crippen molar-refractivity contribution < 1.29 is 13.2 Å². The highest BCUT2D eigenvalue weighted by atomic mass is 35.5. The van der Waals surface area contributed by atoms with Crippen LogP contribution in [0.3, 0.4) is 0 Å². The lowest BCUT2D eigenvalue weighted by molar-refractivity contribution is 0.0577. The van der Waals surface area contributed by atoms with E-state index < -0.39 is 10.0 Å². The van der Waals surface area contributed by atoms with Crippen molar-refractivity contribution in [2.24, 2.45) is 5.41 Å². The van der Waals surface area contributed by atoms with Crippen LogP contribution in [-0.2, 0) is 14.8 Å². The van der Waals surface area contributed by atoms with Gasteiger partial charge in [0.2, 0.25) is 10.0 Å². The lowest BCUT2D eigenvalue weighted by Crippen LogP contribution is -2.47. The van der Waals surface area contributed by atoms with E-state index in [2.05, 4.69) is 20.0 Å². The monoisotopic (exact) mass is 408 g/mol. The predicted molar refractivity (Wildman–Crippen MR) is 100.0 cm³/mol. The summed E-state index contributed by atoms with van der Waals surface area (Å²) in [5.74, 6) is 0. The summed E-state index contributed by atoms with van der Waals surface area (Å²) in [6.45, 7) is 2.56. The standard InChI is InChI=1S/C15H21ClN4O3S.ClH/c1-23-10-15(3-6-17-7-4-15)9-20-24(21,22)12-8-19-14-13(12)11(16)2-5-18-14;/h2,5,8,17,20H,3-4,6-7,9-10H2,1H3,(H,18,19);1H. The van der Waals surface area contributed by atoms with E-state index in [4.69, 9.17) is 16.3 Å². The molecule has 7 nitrogen and oxygen atoms in total. The van der Waals surface area contributed by atoms with E-state index in [0.29, 0.717) is 29.2 Å². The molecule has 140 valence electrons. The highest BCUT2D eigenvalue weighted by molar-refractivity contribution is 7.89. The van der Waals surface area contributed by atoms with E-state index >= 15 is 0 Å². The quantitative estimate of drug-likeness (QED) is 0.678. The smallest absolute Gasteiger partial charge is 0.242 e. The maximum Gasteiger partial charge on any atom is 0.242 e. The molecule has 0 aliphatic carbocycles. The van der Waals surface area contributed by atoms with Gasteiger partial charge in [-0.1, -0.05) is 11.6 Å². The number of sulfonamides is 1. The predicted octanol–water partition coefficient (Wildman–Crippen LogP) is 1.93. The molecule has 1 saturated heterocycles. The molecule has 0 saturated carbocycles. The molecule has 0 amide bonds. The molecule has 1 aliphatic rings. The second-order valence-electron chi connectivity index (χ2n) is 6.18. The van der Waals surface area contributed by atoms with E-state index in [1.54, 1.807) is 13.2 Å². The number of aromatic amines is 1. The molecule has 0 aromatic carbocycles. The van der Waals surface area contributed by atoms with Crippen LogP contribution in [0.4, 0.5) is 0 Å². The number of hydrogen-bond acceptors (Lipinski definition) is 5. The second kappa shape index (κ2) is 8.20. The number of nitrogens with one attached hydrogen (secondary N) is 3. The Morgan fingerprint density at radius 2 is 2.12 bits per heavy atom. The summed E-state index contributed by atoms with van der Waals surface area (Å²) in [6.07, 6.45) is 4.68. The molecular formula is C15H22Cl2N4O3S. The Balaban J connectivity index is 0.00000225. The highest BCUT2D eigenvalue weighted by Crippen LogP contribution is 2.31. The third-order valence-electron chi connectivity index (χ3n) is 4.53. The van der Waals surface area contributed by atoms with E-state index in [9.17, 15) is 8.42 Å². The molecule has 2 aromatic rings. The fraction of sp³-hybridized carbons (Fsp3) is 0.533. The minimum absolute atomic E-state index is 0. The zero-order chi connectivity index (χ0) is 17.2. The topological polar surface area (TPSA) is 96.1 Å². The van der Waals surface area contributed by atoms with Gasteiger partial charge in [-0.2, -0.15) is 0 Å². The van der Waals surface area contributed by atoms with Crippen molar-refractivity contribution in [2.45, 2.75) is 17.7 Å². The highest BCUT2D eigenvalue weighted by Gasteiger charge is 2.34. The van der Waals surface area contributed by atoms with Crippen molar-refractivity contribution in [1.29, 1.82) is 0 Å². The fourth-order valence-electron chi connectivity index (χ4n) is 3.16. The van der Waals surface area contributed by atoms with Crippen LogP contribution in [0, 0.1) is 5.41 Å². The molecule has 0 spiro atoms. The Morgan fingerprint density at radius 1 is 1.40 bits per heavy atom. The summed E-state index contributed by atoms with van der Waals surface area (Å²) < 4.78 is 33.6. The lowest BCUT2D eigenvalue weighted by Gasteiger charge is -2.37. The molecule has 25 heavy (non-hydrogen) atoms. The van der Waals surface area contributed by atoms with Crippen molar-refractivity contribution in [3.05, 3.63) is 23.5 Å². The van der Waals surface area contributed by atoms with Gasteiger partial charge in [-0.25, -0.2) is 18.1 Å². The summed E-state index contributed by atoms with van der Waals surface area (Å²) in [7, 11) is -2.06. The van der Waals surface area contributed by atoms with Crippen molar-refractivity contribution in [3.63, 3.8) is 0 Å². The van der Waals surface area contributed by atoms with Gasteiger partial charge in [-0.15, -0.1) is 12.4 Å². The van der Waals surface area contributed by atoms with Gasteiger partial charge in [0.05, 0.1) is 17.0 Å². The lowest BCUT2D eigenvalue weighted by atomic mass is 9.80. The minimum atomic E-state index is -3.70. The Kier molecular flexibility index (Phi) is 6.69. The second-order valence-corrected chi connectivity index (χ2v) is 8.32. The normalized spacial score (nSPS) is 17.4. The van der Waals surface area contributed by atoms with Gasteiger partial charge in [0.1, 0.15) is 10.5 Å². The number of H-pyrrole nitrogens is 1. The minimum Gasteiger partial charge on any atom is -0.384 e. The van der Waals surface area contributed by atoms with E-state index in [-0.39, 0.29) is 22.7 Å². The first-order chi connectivity index (χ1) is 11.5. The average Bonchev–Trinajstić information content (AvgIpc) is 3.01. The number of nitrogens with zero attached hydrogens (tertiary/aromatic N) is 1. The van der Waals surface area contributed by atoms with Crippen molar-refractivity contribution in [3.8, 4) is 0 Å². The zero-order valence-corrected chi connectivity index (χ0v) is 16.2. The zero-order valence-electron chi connectivity index (χ0n) is 13.8. The third-order valence-corrected chi connectivity index (χ3v) is 6.27. The molecule has 3 N–H and O–H groups in total. The number of ether oxygens (including phenoxy) is 1. The Bertz CT molecular complexity index is 814. The maximum absolute atomic E-state index is 12.8. The summed E-state index contributed by atoms with van der Waals surface area (Å²) in [4.78, 5) is 7.09. The SMILES string of the molecule is COCC1(CNS(=O)(=O)c2c[nH]c3nccc(Cl)c23)CCNCC1.Cl. The van der Waals surface area contributed by atoms with Crippen LogP contribution in [0.1, 0.15) is 12.8 Å². The molecule has 0 radical (unpaired) electrons. The molecule has 0 bridgehead atoms. The summed E-state index contributed by atoms with van der Waals surface area (Å²) in [5.41, 5.74) is 0.262. The first-order valence-corrected chi connectivity index (χ1v) is 9.64. The molecule has 2 aromatic heterocycles. The van der Waals surface area contributed by atoms with Gasteiger partial charge in [-0.3, -0.25) is 0 Å². The summed E-state index contributed by atoms with van der Waals surface area (Å²) in [5, 5.41) is 4.06. The summed E-state index contributed by atoms with van der Waals surface area (Å²) >= 11 is 6.16. The molecule has 1 fully saturated rings. The fourth-order valence-corrected chi connectivity index (χ4v) is 4.81. The molecule has 1 aliphatic heterocycles. The molecule has 3 heterocycles. The molecular weight excluding hydrogens is 387 g/mol. The van der Waals surface area contributed by atoms with Gasteiger partial charge < -0.3 is 15.0 Å². The number of methoxy groups -OCH3 is 1. The number of fused-ring (bicyclic) bond motifs is 1. The van der Waals surface area contributed by atoms with Gasteiger partial charge in [-0.05, 0) is 32.0 Å². The summed E-state index contributed by atoms with van der Waals surface area (Å²) in [6, 6.07) is 1.58. The van der Waals surface area contributed by atoms with Crippen LogP contribution in [0.2, 0.25) is 5.02 Å². The van der Waals surface area contributed by atoms with Crippen molar-refractivity contribution >= 4 is 45.1 Å². The van der Waals surface area contributed by atoms with Gasteiger partial charge in [0.25, 0.3) is 0 Å². The van der Waals surface area contributed by atoms with Gasteiger partial charge >= 0.3 is 0 Å². The molecule has 0 unspecified atom stereocenters. The number of piperidine rings is 1. The van der Waals surface area contributed by atoms with Crippen LogP contribution in [0.15, 0.2) is 23.4 Å². The first kappa shape index (κ1) is 20.4. The molecule has 0 atom stereocenters. The van der Waals surface area contributed by atoms with E-state index in [0.717, 1.165) is 25.9 Å². The van der Waals surface area contributed by atoms with Crippen LogP contribution < -0.4 is 10.0 Å². The average molecular weight is 409 g/mol. The van der Waals surface area contributed by atoms with Crippen molar-refractivity contribution in [1.82, 2.24) is 20.0 Å². The number of pyridine rings is 1. The Hall–Kier alpha value is -0.900.